The molecule has 1 aliphatic carbocycles. The molecule has 2 saturated heterocycles. The molecule has 1 spiro atoms. The number of methoxy groups -OCH3 is 1. The number of Topliss-reactive ketones (excluding diaryl/α,β-unsaturated/α-hetero) is 1. The third-order valence-electron chi connectivity index (χ3n) is 18.7. The Morgan fingerprint density at radius 3 is 2.46 bits per heavy atom. The molecule has 3 aromatic rings. The number of nitrogens with one attached hydrogen (secondary N) is 5. The number of aliphatic hydroxyl groups excluding tert-OH is 1. The molecule has 6 heterocycles. The number of rotatable bonds is 22. The molecule has 2 bridgehead atoms. The molecule has 0 radical (unpaired) electrons. The highest BCUT2D eigenvalue weighted by Crippen LogP contribution is 2.67. The maximum Gasteiger partial charge on any atom is 0.426 e. The first-order valence-corrected chi connectivity index (χ1v) is 31.2. The van der Waals surface area contributed by atoms with E-state index < -0.39 is 57.5 Å². The lowest BCUT2D eigenvalue weighted by Gasteiger charge is -2.63. The lowest BCUT2D eigenvalue weighted by molar-refractivity contribution is -0.204. The van der Waals surface area contributed by atoms with Crippen molar-refractivity contribution in [1.29, 1.82) is 0 Å². The summed E-state index contributed by atoms with van der Waals surface area (Å²) in [6, 6.07) is 10.9. The maximum atomic E-state index is 15.1. The van der Waals surface area contributed by atoms with E-state index in [0.29, 0.717) is 94.1 Å². The summed E-state index contributed by atoms with van der Waals surface area (Å²) in [5.74, 6) is -0.671. The summed E-state index contributed by atoms with van der Waals surface area (Å²) in [6.07, 6.45) is 4.89. The largest absolute Gasteiger partial charge is 0.496 e. The van der Waals surface area contributed by atoms with Crippen molar-refractivity contribution >= 4 is 74.2 Å². The van der Waals surface area contributed by atoms with Gasteiger partial charge in [0.05, 0.1) is 24.2 Å². The molecule has 81 heavy (non-hydrogen) atoms. The Morgan fingerprint density at radius 1 is 0.951 bits per heavy atom. The number of nitrogens with zero attached hydrogens (tertiary/aromatic N) is 3. The van der Waals surface area contributed by atoms with E-state index in [9.17, 15) is 39.3 Å². The van der Waals surface area contributed by atoms with Crippen LogP contribution in [0.25, 0.3) is 10.9 Å². The van der Waals surface area contributed by atoms with Crippen molar-refractivity contribution in [3.63, 3.8) is 0 Å². The highest BCUT2D eigenvalue weighted by molar-refractivity contribution is 8.76. The number of likely N-dealkylation sites (N-methyl/N-ethyl adjacent to an activating group) is 1. The molecule has 6 aliphatic rings. The molecule has 1 aromatic heterocycles. The van der Waals surface area contributed by atoms with E-state index in [-0.39, 0.29) is 74.6 Å². The molecule has 11 atom stereocenters. The van der Waals surface area contributed by atoms with E-state index in [4.69, 9.17) is 14.2 Å². The van der Waals surface area contributed by atoms with Crippen LogP contribution in [0.1, 0.15) is 102 Å². The Kier molecular flexibility index (Phi) is 18.2. The van der Waals surface area contributed by atoms with Gasteiger partial charge in [-0.3, -0.25) is 39.2 Å². The fourth-order valence-corrected chi connectivity index (χ4v) is 16.9. The molecule has 8 N–H and O–H groups in total. The van der Waals surface area contributed by atoms with Crippen LogP contribution in [0.5, 0.6) is 5.75 Å². The summed E-state index contributed by atoms with van der Waals surface area (Å²) < 4.78 is 17.9. The minimum absolute atomic E-state index is 0.0260. The van der Waals surface area contributed by atoms with Crippen LogP contribution < -0.4 is 31.1 Å². The lowest BCUT2D eigenvalue weighted by Crippen LogP contribution is -2.82. The van der Waals surface area contributed by atoms with Gasteiger partial charge in [-0.25, -0.2) is 10.2 Å². The second kappa shape index (κ2) is 24.5. The third-order valence-corrected chi connectivity index (χ3v) is 21.1. The zero-order valence-electron chi connectivity index (χ0n) is 47.8. The van der Waals surface area contributed by atoms with Crippen molar-refractivity contribution in [2.75, 3.05) is 89.6 Å². The van der Waals surface area contributed by atoms with Crippen molar-refractivity contribution in [3.05, 3.63) is 70.9 Å². The van der Waals surface area contributed by atoms with E-state index >= 15 is 4.79 Å². The smallest absolute Gasteiger partial charge is 0.426 e. The van der Waals surface area contributed by atoms with E-state index in [1.807, 2.05) is 56.1 Å². The normalized spacial score (nSPS) is 30.4. The topological polar surface area (TPSA) is 264 Å². The number of hydrogen-bond donors (Lipinski definition) is 8. The number of ether oxygens (including phenoxy) is 3. The van der Waals surface area contributed by atoms with Gasteiger partial charge in [0.25, 0.3) is 12.4 Å². The number of amides is 4. The number of aliphatic hydroxyl groups is 3. The average Bonchev–Trinajstić information content (AvgIpc) is 1.64. The van der Waals surface area contributed by atoms with Gasteiger partial charge in [0.2, 0.25) is 11.8 Å². The Balaban J connectivity index is 0.941. The summed E-state index contributed by atoms with van der Waals surface area (Å²) in [4.78, 5) is 88.0. The number of para-hydroxylation sites is 1. The second-order valence-electron chi connectivity index (χ2n) is 23.7. The Morgan fingerprint density at radius 2 is 1.72 bits per heavy atom. The van der Waals surface area contributed by atoms with Crippen LogP contribution in [0.3, 0.4) is 0 Å². The first-order chi connectivity index (χ1) is 38.8. The minimum atomic E-state index is -2.53. The lowest BCUT2D eigenvalue weighted by atomic mass is 9.47. The number of ketones is 1. The van der Waals surface area contributed by atoms with Gasteiger partial charge in [0.15, 0.2) is 5.60 Å². The van der Waals surface area contributed by atoms with Crippen molar-refractivity contribution in [2.24, 2.45) is 23.2 Å². The molecule has 5 aliphatic heterocycles. The summed E-state index contributed by atoms with van der Waals surface area (Å²) in [6.45, 7) is 13.4. The average molecular weight is 1160 g/mol. The second-order valence-corrected chi connectivity index (χ2v) is 26.4. The number of H-pyrrole nitrogens is 1. The Bertz CT molecular complexity index is 2890. The fourth-order valence-electron chi connectivity index (χ4n) is 15.0. The van der Waals surface area contributed by atoms with Crippen LogP contribution in [0, 0.1) is 23.2 Å². The minimum Gasteiger partial charge on any atom is -0.496 e. The number of carbonyl (C=O) groups excluding carboxylic acids is 6. The number of carbonyl (C=O) groups is 6. The van der Waals surface area contributed by atoms with Crippen LogP contribution in [-0.4, -0.2) is 180 Å². The Labute approximate surface area is 482 Å². The summed E-state index contributed by atoms with van der Waals surface area (Å²) in [5.41, 5.74) is 3.38. The van der Waals surface area contributed by atoms with Crippen LogP contribution in [0.4, 0.5) is 10.5 Å². The van der Waals surface area contributed by atoms with Crippen molar-refractivity contribution in [2.45, 2.75) is 126 Å². The Hall–Kier alpha value is -5.36. The summed E-state index contributed by atoms with van der Waals surface area (Å²) in [7, 11) is 6.25. The van der Waals surface area contributed by atoms with Crippen LogP contribution >= 0.6 is 21.6 Å². The number of aromatic nitrogens is 1. The number of aromatic amines is 1. The predicted molar refractivity (Wildman–Crippen MR) is 311 cm³/mol. The first kappa shape index (κ1) is 60.2. The number of benzene rings is 2. The molecule has 9 rings (SSSR count). The van der Waals surface area contributed by atoms with Gasteiger partial charge in [0.1, 0.15) is 30.9 Å². The number of hydrogen-bond acceptors (Lipinski definition) is 17. The van der Waals surface area contributed by atoms with Gasteiger partial charge in [-0.2, -0.15) is 0 Å². The van der Waals surface area contributed by atoms with Crippen molar-refractivity contribution in [3.8, 4) is 5.75 Å². The van der Waals surface area contributed by atoms with Gasteiger partial charge >= 0.3 is 6.09 Å². The molecule has 442 valence electrons. The van der Waals surface area contributed by atoms with Gasteiger partial charge in [-0.1, -0.05) is 86.6 Å². The molecule has 22 heteroatoms. The fraction of sp³-hybridized carbons (Fsp3) is 0.627. The van der Waals surface area contributed by atoms with E-state index in [1.165, 1.54) is 21.6 Å². The quantitative estimate of drug-likeness (QED) is 0.0230. The SMILES string of the molecule is CC[C@]1(O)CC2CN(CCc3c([nH]c4ccccc34)[C@@](COC=O)(c3cc4c(cc3OC)N(C)[C@H]3[C@](O)(C(=O)NNC(=O)OCCSSCCC(=O)NCCNC(=O)[C@H](C)CC(=O)C(C)C)[C@H](O)[C@]5(CC)C=CCN6CC[C@]43[C@@H]65)C2)C1. The van der Waals surface area contributed by atoms with Crippen molar-refractivity contribution in [1.82, 2.24) is 36.3 Å². The molecule has 20 nitrogen and oxygen atoms in total. The molecule has 2 aromatic carbocycles. The van der Waals surface area contributed by atoms with E-state index in [2.05, 4.69) is 54.5 Å². The van der Waals surface area contributed by atoms with Crippen LogP contribution in [0.2, 0.25) is 0 Å². The van der Waals surface area contributed by atoms with Gasteiger partial charge in [-0.05, 0) is 74.2 Å². The predicted octanol–water partition coefficient (Wildman–Crippen LogP) is 4.26. The summed E-state index contributed by atoms with van der Waals surface area (Å²) in [5, 5.41) is 45.1. The zero-order valence-corrected chi connectivity index (χ0v) is 49.4. The number of hydrazine groups is 1. The van der Waals surface area contributed by atoms with Gasteiger partial charge in [0, 0.05) is 133 Å². The third kappa shape index (κ3) is 11.0. The van der Waals surface area contributed by atoms with Gasteiger partial charge in [-0.15, -0.1) is 0 Å². The highest BCUT2D eigenvalue weighted by atomic mass is 33.1. The molecule has 4 amide bonds. The zero-order chi connectivity index (χ0) is 58.1. The van der Waals surface area contributed by atoms with Gasteiger partial charge < -0.3 is 50.0 Å². The van der Waals surface area contributed by atoms with E-state index in [1.54, 1.807) is 27.9 Å². The monoisotopic (exact) mass is 1160 g/mol. The summed E-state index contributed by atoms with van der Waals surface area (Å²) >= 11 is 0. The molecular weight excluding hydrogens is 1080 g/mol. The standard InChI is InChI=1S/C59H82N8O12S2/c1-8-55(75)30-38-31-57(34-78-35-68,48-40(15-22-66(32-38)33-55)39-13-10-11-14-43(39)62-48)42-28-41-44(29-46(42)77-7)65(6)51-58(41)18-23-67-21-12-17-56(9-2,50(58)67)52(72)59(51,76)53(73)63-64-54(74)79-24-26-81-80-25-16-47(70)60-19-20-61-49(71)37(5)27-45(69)36(3)4/h10-14,17,28-29,35-38,50-52,62,72,75-76H,8-9,15-16,18-27,30-34H2,1-7H3,(H,60,70)(H,61,71)(H,63,73)(H,64,74)/t37-,38?,50+,51-,52-,55+,56-,57+,58-,59-/m1/s1. The number of fused-ring (bicyclic) bond motifs is 6. The van der Waals surface area contributed by atoms with Crippen LogP contribution in [-0.2, 0) is 50.7 Å². The molecule has 2 unspecified atom stereocenters. The molecule has 3 fully saturated rings. The molecule has 1 saturated carbocycles. The highest BCUT2D eigenvalue weighted by Gasteiger charge is 2.79. The number of piperidine rings is 1. The maximum absolute atomic E-state index is 15.1. The van der Waals surface area contributed by atoms with E-state index in [0.717, 1.165) is 39.8 Å². The number of anilines is 1. The van der Waals surface area contributed by atoms with Crippen LogP contribution in [0.15, 0.2) is 48.6 Å². The van der Waals surface area contributed by atoms with Crippen molar-refractivity contribution < 1.29 is 58.3 Å². The first-order valence-electron chi connectivity index (χ1n) is 28.7. The molecular formula is C59H82N8O12S2.